The monoisotopic (exact) mass is 298 g/mol. The molecule has 6 nitrogen and oxygen atoms in total. The number of ether oxygens (including phenoxy) is 1. The Balaban J connectivity index is 2.84. The van der Waals surface area contributed by atoms with Crippen LogP contribution in [-0.2, 0) is 4.79 Å². The van der Waals surface area contributed by atoms with Crippen LogP contribution in [0, 0.1) is 11.2 Å². The number of aliphatic carboxylic acids is 1. The second-order valence-electron chi connectivity index (χ2n) is 5.58. The molecule has 3 N–H and O–H groups in total. The predicted molar refractivity (Wildman–Crippen MR) is 76.0 cm³/mol. The second-order valence-corrected chi connectivity index (χ2v) is 5.58. The largest absolute Gasteiger partial charge is 0.497 e. The van der Waals surface area contributed by atoms with E-state index in [2.05, 4.69) is 10.6 Å². The van der Waals surface area contributed by atoms with Gasteiger partial charge in [0.1, 0.15) is 17.6 Å². The number of carbonyl (C=O) groups is 2. The maximum absolute atomic E-state index is 13.6. The predicted octanol–water partition coefficient (Wildman–Crippen LogP) is 2.46. The number of nitrogens with one attached hydrogen (secondary N) is 2. The van der Waals surface area contributed by atoms with Crippen molar-refractivity contribution in [3.63, 3.8) is 0 Å². The van der Waals surface area contributed by atoms with Crippen LogP contribution in [0.3, 0.4) is 0 Å². The van der Waals surface area contributed by atoms with Crippen molar-refractivity contribution in [3.05, 3.63) is 24.0 Å². The minimum Gasteiger partial charge on any atom is -0.497 e. The van der Waals surface area contributed by atoms with Crippen LogP contribution in [0.2, 0.25) is 0 Å². The van der Waals surface area contributed by atoms with Gasteiger partial charge in [0.2, 0.25) is 0 Å². The summed E-state index contributed by atoms with van der Waals surface area (Å²) in [5, 5.41) is 13.7. The van der Waals surface area contributed by atoms with Gasteiger partial charge in [-0.3, -0.25) is 0 Å². The summed E-state index contributed by atoms with van der Waals surface area (Å²) >= 11 is 0. The van der Waals surface area contributed by atoms with Crippen LogP contribution >= 0.6 is 0 Å². The second kappa shape index (κ2) is 6.43. The first-order valence-corrected chi connectivity index (χ1v) is 6.29. The number of methoxy groups -OCH3 is 1. The maximum Gasteiger partial charge on any atom is 0.326 e. The smallest absolute Gasteiger partial charge is 0.326 e. The highest BCUT2D eigenvalue weighted by atomic mass is 19.1. The normalized spacial score (nSPS) is 12.4. The summed E-state index contributed by atoms with van der Waals surface area (Å²) in [6.07, 6.45) is 0. The molecule has 1 rings (SSSR count). The molecule has 7 heteroatoms. The number of rotatable bonds is 4. The van der Waals surface area contributed by atoms with Gasteiger partial charge in [0, 0.05) is 6.07 Å². The van der Waals surface area contributed by atoms with Crippen molar-refractivity contribution in [2.75, 3.05) is 12.4 Å². The quantitative estimate of drug-likeness (QED) is 0.796. The highest BCUT2D eigenvalue weighted by Crippen LogP contribution is 2.22. The van der Waals surface area contributed by atoms with E-state index in [4.69, 9.17) is 9.84 Å². The van der Waals surface area contributed by atoms with Crippen LogP contribution in [0.25, 0.3) is 0 Å². The fourth-order valence-corrected chi connectivity index (χ4v) is 1.67. The third kappa shape index (κ3) is 4.62. The first kappa shape index (κ1) is 16.7. The number of anilines is 1. The number of carboxylic acid groups (broad SMARTS) is 1. The molecule has 21 heavy (non-hydrogen) atoms. The zero-order valence-electron chi connectivity index (χ0n) is 12.4. The molecule has 0 saturated heterocycles. The van der Waals surface area contributed by atoms with Crippen LogP contribution in [0.15, 0.2) is 18.2 Å². The summed E-state index contributed by atoms with van der Waals surface area (Å²) < 4.78 is 18.5. The van der Waals surface area contributed by atoms with Gasteiger partial charge < -0.3 is 20.5 Å². The van der Waals surface area contributed by atoms with Crippen molar-refractivity contribution >= 4 is 17.7 Å². The van der Waals surface area contributed by atoms with Crippen LogP contribution in [0.5, 0.6) is 5.75 Å². The highest BCUT2D eigenvalue weighted by Gasteiger charge is 2.32. The van der Waals surface area contributed by atoms with Crippen molar-refractivity contribution in [1.82, 2.24) is 5.32 Å². The lowest BCUT2D eigenvalue weighted by molar-refractivity contribution is -0.141. The minimum atomic E-state index is -1.16. The molecule has 0 aromatic heterocycles. The fourth-order valence-electron chi connectivity index (χ4n) is 1.67. The number of hydrogen-bond acceptors (Lipinski definition) is 3. The van der Waals surface area contributed by atoms with E-state index in [9.17, 15) is 14.0 Å². The number of halogens is 1. The third-order valence-electron chi connectivity index (χ3n) is 2.81. The van der Waals surface area contributed by atoms with E-state index in [0.29, 0.717) is 5.75 Å². The summed E-state index contributed by atoms with van der Waals surface area (Å²) in [4.78, 5) is 23.0. The molecule has 0 spiro atoms. The number of urea groups is 1. The highest BCUT2D eigenvalue weighted by molar-refractivity contribution is 5.92. The van der Waals surface area contributed by atoms with E-state index in [1.165, 1.54) is 19.2 Å². The molecule has 2 amide bonds. The Labute approximate surface area is 122 Å². The van der Waals surface area contributed by atoms with E-state index in [1.54, 1.807) is 20.8 Å². The molecule has 0 fully saturated rings. The first-order chi connectivity index (χ1) is 9.65. The van der Waals surface area contributed by atoms with E-state index in [1.807, 2.05) is 0 Å². The Morgan fingerprint density at radius 2 is 1.95 bits per heavy atom. The van der Waals surface area contributed by atoms with E-state index < -0.39 is 29.3 Å². The zero-order chi connectivity index (χ0) is 16.2. The van der Waals surface area contributed by atoms with Crippen molar-refractivity contribution in [2.24, 2.45) is 5.41 Å². The lowest BCUT2D eigenvalue weighted by Crippen LogP contribution is -2.50. The van der Waals surface area contributed by atoms with E-state index >= 15 is 0 Å². The van der Waals surface area contributed by atoms with Gasteiger partial charge in [-0.25, -0.2) is 14.0 Å². The van der Waals surface area contributed by atoms with Crippen molar-refractivity contribution in [3.8, 4) is 5.75 Å². The van der Waals surface area contributed by atoms with Crippen LogP contribution in [0.4, 0.5) is 14.9 Å². The lowest BCUT2D eigenvalue weighted by Gasteiger charge is -2.27. The third-order valence-corrected chi connectivity index (χ3v) is 2.81. The molecule has 0 bridgehead atoms. The number of hydrogen-bond donors (Lipinski definition) is 3. The van der Waals surface area contributed by atoms with Gasteiger partial charge >= 0.3 is 12.0 Å². The Bertz CT molecular complexity index is 540. The minimum absolute atomic E-state index is 0.0927. The van der Waals surface area contributed by atoms with E-state index in [0.717, 1.165) is 6.07 Å². The summed E-state index contributed by atoms with van der Waals surface area (Å²) in [5.74, 6) is -1.44. The van der Waals surface area contributed by atoms with Gasteiger partial charge in [-0.05, 0) is 17.5 Å². The molecule has 0 saturated carbocycles. The Hall–Kier alpha value is -2.31. The molecule has 0 unspecified atom stereocenters. The summed E-state index contributed by atoms with van der Waals surface area (Å²) in [5.41, 5.74) is -0.777. The molecule has 0 aliphatic carbocycles. The Morgan fingerprint density at radius 3 is 2.43 bits per heavy atom. The molecule has 1 aromatic carbocycles. The van der Waals surface area contributed by atoms with Crippen molar-refractivity contribution in [2.45, 2.75) is 26.8 Å². The maximum atomic E-state index is 13.6. The van der Waals surface area contributed by atoms with Gasteiger partial charge in [-0.1, -0.05) is 20.8 Å². The number of carbonyl (C=O) groups excluding carboxylic acids is 1. The van der Waals surface area contributed by atoms with Gasteiger partial charge in [0.05, 0.1) is 12.8 Å². The van der Waals surface area contributed by atoms with Gasteiger partial charge in [0.25, 0.3) is 0 Å². The summed E-state index contributed by atoms with van der Waals surface area (Å²) in [6, 6.07) is 1.96. The number of amides is 2. The summed E-state index contributed by atoms with van der Waals surface area (Å²) in [7, 11) is 1.41. The van der Waals surface area contributed by atoms with Crippen molar-refractivity contribution < 1.29 is 23.8 Å². The molecular formula is C14H19FN2O4. The number of carboxylic acids is 1. The fraction of sp³-hybridized carbons (Fsp3) is 0.429. The molecule has 0 radical (unpaired) electrons. The van der Waals surface area contributed by atoms with Crippen LogP contribution in [0.1, 0.15) is 20.8 Å². The molecule has 1 atom stereocenters. The molecule has 0 heterocycles. The van der Waals surface area contributed by atoms with Gasteiger partial charge in [-0.2, -0.15) is 0 Å². The van der Waals surface area contributed by atoms with Crippen LogP contribution in [-0.4, -0.2) is 30.3 Å². The molecule has 1 aromatic rings. The molecule has 0 aliphatic rings. The van der Waals surface area contributed by atoms with Gasteiger partial charge in [-0.15, -0.1) is 0 Å². The average molecular weight is 298 g/mol. The Kier molecular flexibility index (Phi) is 5.12. The van der Waals surface area contributed by atoms with Crippen molar-refractivity contribution in [1.29, 1.82) is 0 Å². The lowest BCUT2D eigenvalue weighted by atomic mass is 9.87. The SMILES string of the molecule is COc1ccc(F)c(NC(=O)N[C@@H](C(=O)O)C(C)(C)C)c1. The Morgan fingerprint density at radius 1 is 1.33 bits per heavy atom. The molecule has 0 aliphatic heterocycles. The van der Waals surface area contributed by atoms with Gasteiger partial charge in [0.15, 0.2) is 0 Å². The zero-order valence-corrected chi connectivity index (χ0v) is 12.4. The van der Waals surface area contributed by atoms with Crippen LogP contribution < -0.4 is 15.4 Å². The summed E-state index contributed by atoms with van der Waals surface area (Å²) in [6.45, 7) is 5.04. The topological polar surface area (TPSA) is 87.7 Å². The average Bonchev–Trinajstić information content (AvgIpc) is 2.37. The number of benzene rings is 1. The first-order valence-electron chi connectivity index (χ1n) is 6.29. The molecule has 116 valence electrons. The standard InChI is InChI=1S/C14H19FN2O4/c1-14(2,3)11(12(18)19)17-13(20)16-10-7-8(21-4)5-6-9(10)15/h5-7,11H,1-4H3,(H,18,19)(H2,16,17,20)/t11-/m0/s1. The molecular weight excluding hydrogens is 279 g/mol. The van der Waals surface area contributed by atoms with E-state index in [-0.39, 0.29) is 5.69 Å².